The third kappa shape index (κ3) is 4.66. The number of hydrogen-bond acceptors (Lipinski definition) is 5. The first-order chi connectivity index (χ1) is 12.3. The summed E-state index contributed by atoms with van der Waals surface area (Å²) < 4.78 is 39.0. The lowest BCUT2D eigenvalue weighted by molar-refractivity contribution is -0.141. The molecule has 2 aromatic rings. The van der Waals surface area contributed by atoms with E-state index in [9.17, 15) is 18.0 Å². The van der Waals surface area contributed by atoms with Crippen LogP contribution in [-0.4, -0.2) is 37.5 Å². The van der Waals surface area contributed by atoms with Crippen molar-refractivity contribution in [1.29, 1.82) is 0 Å². The predicted molar refractivity (Wildman–Crippen MR) is 88.3 cm³/mol. The van der Waals surface area contributed by atoms with Crippen molar-refractivity contribution in [2.75, 3.05) is 13.1 Å². The van der Waals surface area contributed by atoms with Crippen molar-refractivity contribution >= 4 is 0 Å². The summed E-state index contributed by atoms with van der Waals surface area (Å²) in [6.07, 6.45) is -0.104. The molecule has 3 rings (SSSR count). The fraction of sp³-hybridized carbons (Fsp3) is 0.529. The molecule has 0 amide bonds. The van der Waals surface area contributed by atoms with Gasteiger partial charge in [-0.25, -0.2) is 15.0 Å². The standard InChI is InChI=1S/C17H20F3N5O/c1-12-21-5-2-14(23-12)10-24-6-3-13(4-7-24)9-25-11-22-15(8-16(25)26)17(18,19)20/h2,5,8,11,13H,3-4,6-7,9-10H2,1H3. The van der Waals surface area contributed by atoms with Crippen molar-refractivity contribution in [2.24, 2.45) is 5.92 Å². The van der Waals surface area contributed by atoms with Crippen LogP contribution >= 0.6 is 0 Å². The van der Waals surface area contributed by atoms with Crippen LogP contribution in [0.1, 0.15) is 30.1 Å². The zero-order chi connectivity index (χ0) is 18.7. The first-order valence-electron chi connectivity index (χ1n) is 8.46. The fourth-order valence-electron chi connectivity index (χ4n) is 3.15. The van der Waals surface area contributed by atoms with Crippen molar-refractivity contribution in [3.63, 3.8) is 0 Å². The molecule has 3 heterocycles. The molecule has 0 saturated carbocycles. The SMILES string of the molecule is Cc1nccc(CN2CCC(Cn3cnc(C(F)(F)F)cc3=O)CC2)n1. The maximum Gasteiger partial charge on any atom is 0.433 e. The number of likely N-dealkylation sites (tertiary alicyclic amines) is 1. The number of hydrogen-bond donors (Lipinski definition) is 0. The Hall–Kier alpha value is -2.29. The lowest BCUT2D eigenvalue weighted by Gasteiger charge is -2.31. The van der Waals surface area contributed by atoms with Gasteiger partial charge in [0.2, 0.25) is 0 Å². The van der Waals surface area contributed by atoms with Crippen LogP contribution in [0.2, 0.25) is 0 Å². The normalized spacial score (nSPS) is 16.8. The van der Waals surface area contributed by atoms with Gasteiger partial charge in [0.1, 0.15) is 5.82 Å². The number of alkyl halides is 3. The minimum Gasteiger partial charge on any atom is -0.299 e. The van der Waals surface area contributed by atoms with E-state index >= 15 is 0 Å². The molecule has 0 unspecified atom stereocenters. The second-order valence-corrected chi connectivity index (χ2v) is 6.58. The Bertz CT molecular complexity index is 813. The highest BCUT2D eigenvalue weighted by atomic mass is 19.4. The minimum atomic E-state index is -4.59. The molecule has 26 heavy (non-hydrogen) atoms. The molecule has 1 saturated heterocycles. The Morgan fingerprint density at radius 1 is 1.23 bits per heavy atom. The molecule has 0 bridgehead atoms. The highest BCUT2D eigenvalue weighted by Crippen LogP contribution is 2.26. The Morgan fingerprint density at radius 3 is 2.58 bits per heavy atom. The van der Waals surface area contributed by atoms with Crippen LogP contribution in [0.3, 0.4) is 0 Å². The number of nitrogens with zero attached hydrogens (tertiary/aromatic N) is 5. The zero-order valence-corrected chi connectivity index (χ0v) is 14.4. The average Bonchev–Trinajstić information content (AvgIpc) is 2.57. The molecule has 0 radical (unpaired) electrons. The van der Waals surface area contributed by atoms with Gasteiger partial charge in [-0.15, -0.1) is 0 Å². The maximum absolute atomic E-state index is 12.6. The van der Waals surface area contributed by atoms with Crippen LogP contribution in [0.5, 0.6) is 0 Å². The number of piperidine rings is 1. The quantitative estimate of drug-likeness (QED) is 0.830. The van der Waals surface area contributed by atoms with Crippen LogP contribution in [0.4, 0.5) is 13.2 Å². The van der Waals surface area contributed by atoms with Gasteiger partial charge in [-0.1, -0.05) is 0 Å². The van der Waals surface area contributed by atoms with E-state index in [2.05, 4.69) is 19.9 Å². The molecular formula is C17H20F3N5O. The first-order valence-corrected chi connectivity index (χ1v) is 8.46. The maximum atomic E-state index is 12.6. The highest BCUT2D eigenvalue weighted by molar-refractivity contribution is 5.04. The van der Waals surface area contributed by atoms with Crippen LogP contribution in [0, 0.1) is 12.8 Å². The van der Waals surface area contributed by atoms with E-state index in [0.29, 0.717) is 12.6 Å². The van der Waals surface area contributed by atoms with Crippen LogP contribution in [-0.2, 0) is 19.3 Å². The van der Waals surface area contributed by atoms with Gasteiger partial charge in [0.05, 0.1) is 12.0 Å². The lowest BCUT2D eigenvalue weighted by Crippen LogP contribution is -2.36. The molecule has 2 aromatic heterocycles. The van der Waals surface area contributed by atoms with Crippen molar-refractivity contribution in [2.45, 2.75) is 39.0 Å². The third-order valence-corrected chi connectivity index (χ3v) is 4.55. The third-order valence-electron chi connectivity index (χ3n) is 4.55. The largest absolute Gasteiger partial charge is 0.433 e. The van der Waals surface area contributed by atoms with Gasteiger partial charge in [-0.2, -0.15) is 13.2 Å². The molecule has 6 nitrogen and oxygen atoms in total. The van der Waals surface area contributed by atoms with E-state index in [1.807, 2.05) is 13.0 Å². The lowest BCUT2D eigenvalue weighted by atomic mass is 9.96. The minimum absolute atomic E-state index is 0.245. The van der Waals surface area contributed by atoms with Crippen molar-refractivity contribution in [3.05, 3.63) is 52.2 Å². The van der Waals surface area contributed by atoms with Gasteiger partial charge in [0, 0.05) is 25.4 Å². The summed E-state index contributed by atoms with van der Waals surface area (Å²) in [6, 6.07) is 2.46. The summed E-state index contributed by atoms with van der Waals surface area (Å²) in [6.45, 7) is 4.71. The topological polar surface area (TPSA) is 63.9 Å². The molecule has 0 spiro atoms. The Labute approximate surface area is 148 Å². The van der Waals surface area contributed by atoms with Gasteiger partial charge in [0.15, 0.2) is 5.69 Å². The Balaban J connectivity index is 1.55. The van der Waals surface area contributed by atoms with Gasteiger partial charge < -0.3 is 0 Å². The second kappa shape index (κ2) is 7.53. The van der Waals surface area contributed by atoms with Gasteiger partial charge in [0.25, 0.3) is 5.56 Å². The van der Waals surface area contributed by atoms with Crippen LogP contribution < -0.4 is 5.56 Å². The number of halogens is 3. The molecule has 140 valence electrons. The second-order valence-electron chi connectivity index (χ2n) is 6.58. The van der Waals surface area contributed by atoms with Crippen LogP contribution in [0.25, 0.3) is 0 Å². The van der Waals surface area contributed by atoms with Gasteiger partial charge in [-0.3, -0.25) is 14.3 Å². The average molecular weight is 367 g/mol. The van der Waals surface area contributed by atoms with E-state index in [1.165, 1.54) is 4.57 Å². The highest BCUT2D eigenvalue weighted by Gasteiger charge is 2.33. The zero-order valence-electron chi connectivity index (χ0n) is 14.4. The molecule has 0 aromatic carbocycles. The monoisotopic (exact) mass is 367 g/mol. The molecular weight excluding hydrogens is 347 g/mol. The van der Waals surface area contributed by atoms with E-state index in [1.54, 1.807) is 6.20 Å². The summed E-state index contributed by atoms with van der Waals surface area (Å²) in [5.41, 5.74) is -0.834. The molecule has 1 fully saturated rings. The van der Waals surface area contributed by atoms with E-state index < -0.39 is 17.4 Å². The molecule has 0 aliphatic carbocycles. The fourth-order valence-corrected chi connectivity index (χ4v) is 3.15. The summed E-state index contributed by atoms with van der Waals surface area (Å²) in [4.78, 5) is 26.0. The Morgan fingerprint density at radius 2 is 1.96 bits per heavy atom. The van der Waals surface area contributed by atoms with Crippen LogP contribution in [0.15, 0.2) is 29.5 Å². The number of aromatic nitrogens is 4. The number of rotatable bonds is 4. The molecule has 0 atom stereocenters. The molecule has 9 heteroatoms. The number of aryl methyl sites for hydroxylation is 1. The molecule has 0 N–H and O–H groups in total. The van der Waals surface area contributed by atoms with E-state index in [-0.39, 0.29) is 5.92 Å². The molecule has 1 aliphatic rings. The van der Waals surface area contributed by atoms with Gasteiger partial charge in [-0.05, 0) is 44.8 Å². The van der Waals surface area contributed by atoms with Crippen molar-refractivity contribution in [1.82, 2.24) is 24.4 Å². The Kier molecular flexibility index (Phi) is 5.36. The predicted octanol–water partition coefficient (Wildman–Crippen LogP) is 2.27. The summed E-state index contributed by atoms with van der Waals surface area (Å²) in [7, 11) is 0. The smallest absolute Gasteiger partial charge is 0.299 e. The van der Waals surface area contributed by atoms with Crippen molar-refractivity contribution in [3.8, 4) is 0 Å². The summed E-state index contributed by atoms with van der Waals surface area (Å²) in [5.74, 6) is 0.987. The van der Waals surface area contributed by atoms with Crippen molar-refractivity contribution < 1.29 is 13.2 Å². The van der Waals surface area contributed by atoms with Gasteiger partial charge >= 0.3 is 6.18 Å². The van der Waals surface area contributed by atoms with E-state index in [4.69, 9.17) is 0 Å². The summed E-state index contributed by atoms with van der Waals surface area (Å²) >= 11 is 0. The van der Waals surface area contributed by atoms with E-state index in [0.717, 1.165) is 50.3 Å². The summed E-state index contributed by atoms with van der Waals surface area (Å²) in [5, 5.41) is 0. The first kappa shape index (κ1) is 18.5. The molecule has 1 aliphatic heterocycles.